The highest BCUT2D eigenvalue weighted by atomic mass is 19.1. The third kappa shape index (κ3) is 4.02. The van der Waals surface area contributed by atoms with Gasteiger partial charge in [0.2, 0.25) is 0 Å². The summed E-state index contributed by atoms with van der Waals surface area (Å²) in [5.74, 6) is -0.713. The highest BCUT2D eigenvalue weighted by molar-refractivity contribution is 5.80. The molecule has 0 aromatic heterocycles. The van der Waals surface area contributed by atoms with Gasteiger partial charge >= 0.3 is 5.97 Å². The van der Waals surface area contributed by atoms with Gasteiger partial charge in [-0.15, -0.1) is 0 Å². The molecule has 1 N–H and O–H groups in total. The molecule has 0 radical (unpaired) electrons. The van der Waals surface area contributed by atoms with Crippen molar-refractivity contribution in [2.75, 3.05) is 20.3 Å². The average Bonchev–Trinajstić information content (AvgIpc) is 3.00. The average molecular weight is 295 g/mol. The van der Waals surface area contributed by atoms with Crippen molar-refractivity contribution in [2.45, 2.75) is 37.8 Å². The van der Waals surface area contributed by atoms with Crippen molar-refractivity contribution in [1.82, 2.24) is 5.32 Å². The number of halogens is 1. The van der Waals surface area contributed by atoms with E-state index in [9.17, 15) is 9.18 Å². The summed E-state index contributed by atoms with van der Waals surface area (Å²) < 4.78 is 24.2. The molecule has 1 aromatic carbocycles. The molecule has 5 heteroatoms. The van der Waals surface area contributed by atoms with Crippen LogP contribution in [0.2, 0.25) is 0 Å². The maximum atomic E-state index is 13.8. The van der Waals surface area contributed by atoms with Crippen LogP contribution in [0.25, 0.3) is 0 Å². The lowest BCUT2D eigenvalue weighted by molar-refractivity contribution is -0.148. The van der Waals surface area contributed by atoms with E-state index >= 15 is 0 Å². The Labute approximate surface area is 124 Å². The van der Waals surface area contributed by atoms with Crippen molar-refractivity contribution in [3.63, 3.8) is 0 Å². The quantitative estimate of drug-likeness (QED) is 0.816. The maximum absolute atomic E-state index is 13.8. The van der Waals surface area contributed by atoms with Crippen LogP contribution < -0.4 is 5.32 Å². The van der Waals surface area contributed by atoms with E-state index < -0.39 is 11.5 Å². The molecular formula is C16H22FNO3. The van der Waals surface area contributed by atoms with E-state index in [4.69, 9.17) is 9.47 Å². The molecule has 1 saturated heterocycles. The molecule has 0 saturated carbocycles. The minimum atomic E-state index is -0.969. The third-order valence-corrected chi connectivity index (χ3v) is 3.88. The minimum Gasteiger partial charge on any atom is -0.468 e. The van der Waals surface area contributed by atoms with Crippen molar-refractivity contribution in [3.05, 3.63) is 35.6 Å². The molecule has 0 amide bonds. The van der Waals surface area contributed by atoms with Gasteiger partial charge in [-0.2, -0.15) is 0 Å². The van der Waals surface area contributed by atoms with Gasteiger partial charge in [0, 0.05) is 19.6 Å². The Hall–Kier alpha value is -1.46. The van der Waals surface area contributed by atoms with Gasteiger partial charge in [0.25, 0.3) is 0 Å². The molecule has 2 atom stereocenters. The smallest absolute Gasteiger partial charge is 0.326 e. The molecule has 0 aliphatic carbocycles. The van der Waals surface area contributed by atoms with Gasteiger partial charge in [0.15, 0.2) is 0 Å². The summed E-state index contributed by atoms with van der Waals surface area (Å²) in [6, 6.07) is 6.47. The predicted molar refractivity (Wildman–Crippen MR) is 77.5 cm³/mol. The van der Waals surface area contributed by atoms with Crippen molar-refractivity contribution >= 4 is 5.97 Å². The molecule has 2 unspecified atom stereocenters. The zero-order valence-electron chi connectivity index (χ0n) is 12.5. The van der Waals surface area contributed by atoms with Gasteiger partial charge in [0.05, 0.1) is 13.2 Å². The summed E-state index contributed by atoms with van der Waals surface area (Å²) in [4.78, 5) is 12.1. The highest BCUT2D eigenvalue weighted by Crippen LogP contribution is 2.19. The van der Waals surface area contributed by atoms with Crippen molar-refractivity contribution < 1.29 is 18.7 Å². The lowest BCUT2D eigenvalue weighted by Gasteiger charge is -2.29. The van der Waals surface area contributed by atoms with E-state index in [1.54, 1.807) is 25.1 Å². The van der Waals surface area contributed by atoms with E-state index in [0.29, 0.717) is 12.1 Å². The van der Waals surface area contributed by atoms with Crippen molar-refractivity contribution in [2.24, 2.45) is 0 Å². The molecular weight excluding hydrogens is 273 g/mol. The zero-order chi connectivity index (χ0) is 15.3. The van der Waals surface area contributed by atoms with Crippen LogP contribution in [-0.4, -0.2) is 37.9 Å². The Balaban J connectivity index is 2.08. The summed E-state index contributed by atoms with van der Waals surface area (Å²) in [6.45, 7) is 3.05. The number of hydrogen-bond donors (Lipinski definition) is 1. The first kappa shape index (κ1) is 15.9. The molecule has 21 heavy (non-hydrogen) atoms. The van der Waals surface area contributed by atoms with Crippen molar-refractivity contribution in [1.29, 1.82) is 0 Å². The number of rotatable bonds is 6. The normalized spacial score (nSPS) is 21.0. The van der Waals surface area contributed by atoms with Gasteiger partial charge in [-0.25, -0.2) is 4.39 Å². The number of carbonyl (C=O) groups is 1. The lowest BCUT2D eigenvalue weighted by atomic mass is 9.92. The number of benzene rings is 1. The molecule has 2 rings (SSSR count). The van der Waals surface area contributed by atoms with E-state index in [2.05, 4.69) is 5.32 Å². The highest BCUT2D eigenvalue weighted by Gasteiger charge is 2.36. The molecule has 1 aromatic rings. The van der Waals surface area contributed by atoms with Gasteiger partial charge in [-0.1, -0.05) is 18.2 Å². The fourth-order valence-corrected chi connectivity index (χ4v) is 2.60. The first-order chi connectivity index (χ1) is 10.0. The second-order valence-electron chi connectivity index (χ2n) is 5.61. The molecule has 1 fully saturated rings. The Kier molecular flexibility index (Phi) is 5.31. The number of methoxy groups -OCH3 is 1. The minimum absolute atomic E-state index is 0.106. The Bertz CT molecular complexity index is 488. The van der Waals surface area contributed by atoms with Gasteiger partial charge in [-0.3, -0.25) is 10.1 Å². The van der Waals surface area contributed by atoms with Crippen LogP contribution in [0, 0.1) is 5.82 Å². The first-order valence-corrected chi connectivity index (χ1v) is 7.23. The van der Waals surface area contributed by atoms with E-state index in [1.807, 2.05) is 0 Å². The molecule has 0 bridgehead atoms. The molecule has 1 heterocycles. The summed E-state index contributed by atoms with van der Waals surface area (Å²) in [5.41, 5.74) is -0.478. The van der Waals surface area contributed by atoms with E-state index in [1.165, 1.54) is 13.2 Å². The van der Waals surface area contributed by atoms with E-state index in [0.717, 1.165) is 19.4 Å². The second kappa shape index (κ2) is 7.00. The largest absolute Gasteiger partial charge is 0.468 e. The fourth-order valence-electron chi connectivity index (χ4n) is 2.60. The number of carbonyl (C=O) groups excluding carboxylic acids is 1. The van der Waals surface area contributed by atoms with Crippen LogP contribution in [0.4, 0.5) is 4.39 Å². The zero-order valence-corrected chi connectivity index (χ0v) is 12.5. The van der Waals surface area contributed by atoms with Gasteiger partial charge in [-0.05, 0) is 31.4 Å². The topological polar surface area (TPSA) is 47.6 Å². The number of esters is 1. The monoisotopic (exact) mass is 295 g/mol. The van der Waals surface area contributed by atoms with Crippen LogP contribution in [0.1, 0.15) is 25.3 Å². The van der Waals surface area contributed by atoms with Crippen LogP contribution in [0.3, 0.4) is 0 Å². The van der Waals surface area contributed by atoms with Gasteiger partial charge < -0.3 is 9.47 Å². The Morgan fingerprint density at radius 3 is 2.90 bits per heavy atom. The summed E-state index contributed by atoms with van der Waals surface area (Å²) in [7, 11) is 1.34. The molecule has 1 aliphatic heterocycles. The van der Waals surface area contributed by atoms with Crippen LogP contribution in [0.15, 0.2) is 24.3 Å². The SMILES string of the molecule is COC(=O)C(C)(Cc1ccccc1F)NCC1CCCO1. The standard InChI is InChI=1S/C16H22FNO3/c1-16(15(19)20-2,18-11-13-7-5-9-21-13)10-12-6-3-4-8-14(12)17/h3-4,6,8,13,18H,5,7,9-11H2,1-2H3. The van der Waals surface area contributed by atoms with Crippen molar-refractivity contribution in [3.8, 4) is 0 Å². The lowest BCUT2D eigenvalue weighted by Crippen LogP contribution is -2.54. The number of hydrogen-bond acceptors (Lipinski definition) is 4. The molecule has 4 nitrogen and oxygen atoms in total. The summed E-state index contributed by atoms with van der Waals surface area (Å²) in [5, 5.41) is 3.20. The first-order valence-electron chi connectivity index (χ1n) is 7.23. The van der Waals surface area contributed by atoms with Gasteiger partial charge in [0.1, 0.15) is 11.4 Å². The summed E-state index contributed by atoms with van der Waals surface area (Å²) >= 11 is 0. The molecule has 1 aliphatic rings. The number of nitrogens with one attached hydrogen (secondary N) is 1. The Morgan fingerprint density at radius 1 is 1.52 bits per heavy atom. The van der Waals surface area contributed by atoms with Crippen LogP contribution in [0.5, 0.6) is 0 Å². The third-order valence-electron chi connectivity index (χ3n) is 3.88. The van der Waals surface area contributed by atoms with Crippen LogP contribution >= 0.6 is 0 Å². The van der Waals surface area contributed by atoms with E-state index in [-0.39, 0.29) is 18.3 Å². The Morgan fingerprint density at radius 2 is 2.29 bits per heavy atom. The molecule has 116 valence electrons. The molecule has 0 spiro atoms. The van der Waals surface area contributed by atoms with Crippen LogP contribution in [-0.2, 0) is 20.7 Å². The summed E-state index contributed by atoms with van der Waals surface area (Å²) in [6.07, 6.45) is 2.35. The predicted octanol–water partition coefficient (Wildman–Crippen LogP) is 2.07. The fraction of sp³-hybridized carbons (Fsp3) is 0.562. The second-order valence-corrected chi connectivity index (χ2v) is 5.61. The number of ether oxygens (including phenoxy) is 2. The maximum Gasteiger partial charge on any atom is 0.326 e.